The van der Waals surface area contributed by atoms with Crippen LogP contribution < -0.4 is 10.2 Å². The molecule has 2 atom stereocenters. The van der Waals surface area contributed by atoms with E-state index in [1.807, 2.05) is 42.5 Å². The summed E-state index contributed by atoms with van der Waals surface area (Å²) in [5.41, 5.74) is 3.25. The molecule has 2 aromatic carbocycles. The van der Waals surface area contributed by atoms with E-state index in [0.717, 1.165) is 69.1 Å². The average molecular weight is 445 g/mol. The third-order valence-corrected chi connectivity index (χ3v) is 7.04. The van der Waals surface area contributed by atoms with Gasteiger partial charge in [-0.3, -0.25) is 4.79 Å². The second kappa shape index (κ2) is 10.2. The Morgan fingerprint density at radius 1 is 0.970 bits per heavy atom. The van der Waals surface area contributed by atoms with Gasteiger partial charge in [0.25, 0.3) is 0 Å². The van der Waals surface area contributed by atoms with Crippen molar-refractivity contribution in [3.05, 3.63) is 72.4 Å². The number of anilines is 1. The fourth-order valence-corrected chi connectivity index (χ4v) is 5.11. The molecule has 0 spiro atoms. The van der Waals surface area contributed by atoms with Gasteiger partial charge in [0.05, 0.1) is 5.69 Å². The Kier molecular flexibility index (Phi) is 6.72. The SMILES string of the molecule is O=C(CC1CCNCC1Cc1cc(-c2ccccc2)on1)N1CCN(c2ccccc2)CC1. The minimum atomic E-state index is 0.296. The van der Waals surface area contributed by atoms with Gasteiger partial charge in [0.2, 0.25) is 5.91 Å². The molecule has 1 amide bonds. The van der Waals surface area contributed by atoms with Gasteiger partial charge in [-0.05, 0) is 49.9 Å². The monoisotopic (exact) mass is 444 g/mol. The molecule has 6 nitrogen and oxygen atoms in total. The summed E-state index contributed by atoms with van der Waals surface area (Å²) in [6, 6.07) is 22.6. The Balaban J connectivity index is 1.17. The zero-order valence-corrected chi connectivity index (χ0v) is 19.0. The van der Waals surface area contributed by atoms with Gasteiger partial charge in [0.1, 0.15) is 0 Å². The van der Waals surface area contributed by atoms with Crippen LogP contribution in [0.5, 0.6) is 0 Å². The molecule has 0 radical (unpaired) electrons. The van der Waals surface area contributed by atoms with Crippen molar-refractivity contribution in [2.75, 3.05) is 44.2 Å². The predicted octanol–water partition coefficient (Wildman–Crippen LogP) is 3.85. The molecule has 0 bridgehead atoms. The summed E-state index contributed by atoms with van der Waals surface area (Å²) < 4.78 is 5.60. The first-order valence-electron chi connectivity index (χ1n) is 12.1. The summed E-state index contributed by atoms with van der Waals surface area (Å²) in [7, 11) is 0. The zero-order valence-electron chi connectivity index (χ0n) is 19.0. The molecule has 2 aliphatic rings. The van der Waals surface area contributed by atoms with Crippen molar-refractivity contribution in [3.63, 3.8) is 0 Å². The quantitative estimate of drug-likeness (QED) is 0.626. The van der Waals surface area contributed by atoms with Gasteiger partial charge >= 0.3 is 0 Å². The average Bonchev–Trinajstić information content (AvgIpc) is 3.35. The topological polar surface area (TPSA) is 61.6 Å². The summed E-state index contributed by atoms with van der Waals surface area (Å²) in [6.45, 7) is 5.29. The number of piperidine rings is 1. The van der Waals surface area contributed by atoms with Crippen molar-refractivity contribution < 1.29 is 9.32 Å². The van der Waals surface area contributed by atoms with Gasteiger partial charge in [-0.1, -0.05) is 53.7 Å². The van der Waals surface area contributed by atoms with E-state index in [1.54, 1.807) is 0 Å². The lowest BCUT2D eigenvalue weighted by Crippen LogP contribution is -2.50. The number of carbonyl (C=O) groups is 1. The largest absolute Gasteiger partial charge is 0.368 e. The third kappa shape index (κ3) is 5.28. The van der Waals surface area contributed by atoms with E-state index in [9.17, 15) is 4.79 Å². The van der Waals surface area contributed by atoms with Gasteiger partial charge in [-0.15, -0.1) is 0 Å². The Labute approximate surface area is 195 Å². The van der Waals surface area contributed by atoms with Gasteiger partial charge in [-0.2, -0.15) is 0 Å². The van der Waals surface area contributed by atoms with E-state index < -0.39 is 0 Å². The molecule has 172 valence electrons. The van der Waals surface area contributed by atoms with Gasteiger partial charge in [0.15, 0.2) is 5.76 Å². The van der Waals surface area contributed by atoms with E-state index >= 15 is 0 Å². The highest BCUT2D eigenvalue weighted by Gasteiger charge is 2.30. The minimum Gasteiger partial charge on any atom is -0.368 e. The molecule has 2 fully saturated rings. The van der Waals surface area contributed by atoms with Crippen LogP contribution in [0.4, 0.5) is 5.69 Å². The fourth-order valence-electron chi connectivity index (χ4n) is 5.11. The Morgan fingerprint density at radius 3 is 2.45 bits per heavy atom. The number of carbonyl (C=O) groups excluding carboxylic acids is 1. The third-order valence-electron chi connectivity index (χ3n) is 7.04. The number of aromatic nitrogens is 1. The van der Waals surface area contributed by atoms with E-state index in [2.05, 4.69) is 44.5 Å². The predicted molar refractivity (Wildman–Crippen MR) is 130 cm³/mol. The van der Waals surface area contributed by atoms with Crippen LogP contribution >= 0.6 is 0 Å². The molecule has 0 aliphatic carbocycles. The van der Waals surface area contributed by atoms with E-state index in [1.165, 1.54) is 5.69 Å². The molecule has 2 saturated heterocycles. The van der Waals surface area contributed by atoms with E-state index in [-0.39, 0.29) is 0 Å². The number of benzene rings is 2. The number of rotatable bonds is 6. The Bertz CT molecular complexity index is 1030. The standard InChI is InChI=1S/C27H32N4O2/c32-27(31-15-13-30(14-16-31)25-9-5-2-6-10-25)18-22-11-12-28-20-23(22)17-24-19-26(33-29-24)21-7-3-1-4-8-21/h1-10,19,22-23,28H,11-18,20H2. The van der Waals surface area contributed by atoms with Crippen LogP contribution in [0.2, 0.25) is 0 Å². The lowest BCUT2D eigenvalue weighted by atomic mass is 9.81. The summed E-state index contributed by atoms with van der Waals surface area (Å²) in [5, 5.41) is 7.83. The molecular formula is C27H32N4O2. The zero-order chi connectivity index (χ0) is 22.5. The van der Waals surface area contributed by atoms with Crippen LogP contribution in [0.3, 0.4) is 0 Å². The van der Waals surface area contributed by atoms with Crippen LogP contribution in [0, 0.1) is 11.8 Å². The number of para-hydroxylation sites is 1. The van der Waals surface area contributed by atoms with Crippen LogP contribution in [-0.2, 0) is 11.2 Å². The number of amides is 1. The van der Waals surface area contributed by atoms with Crippen molar-refractivity contribution in [1.29, 1.82) is 0 Å². The smallest absolute Gasteiger partial charge is 0.222 e. The number of nitrogens with zero attached hydrogens (tertiary/aromatic N) is 3. The maximum Gasteiger partial charge on any atom is 0.222 e. The van der Waals surface area contributed by atoms with Crippen LogP contribution in [0.25, 0.3) is 11.3 Å². The van der Waals surface area contributed by atoms with Crippen molar-refractivity contribution >= 4 is 11.6 Å². The molecule has 2 aliphatic heterocycles. The first kappa shape index (κ1) is 21.7. The summed E-state index contributed by atoms with van der Waals surface area (Å²) in [6.07, 6.45) is 2.49. The van der Waals surface area contributed by atoms with Gasteiger partial charge in [-0.25, -0.2) is 0 Å². The van der Waals surface area contributed by atoms with Gasteiger partial charge < -0.3 is 19.6 Å². The number of hydrogen-bond acceptors (Lipinski definition) is 5. The van der Waals surface area contributed by atoms with Gasteiger partial charge in [0, 0.05) is 49.9 Å². The number of hydrogen-bond donors (Lipinski definition) is 1. The summed E-state index contributed by atoms with van der Waals surface area (Å²) in [4.78, 5) is 17.6. The van der Waals surface area contributed by atoms with Crippen molar-refractivity contribution in [2.24, 2.45) is 11.8 Å². The first-order chi connectivity index (χ1) is 16.3. The second-order valence-electron chi connectivity index (χ2n) is 9.17. The van der Waals surface area contributed by atoms with Crippen LogP contribution in [-0.4, -0.2) is 55.2 Å². The molecular weight excluding hydrogens is 412 g/mol. The van der Waals surface area contributed by atoms with Crippen LogP contribution in [0.1, 0.15) is 18.5 Å². The minimum absolute atomic E-state index is 0.296. The summed E-state index contributed by atoms with van der Waals surface area (Å²) in [5.74, 6) is 1.87. The highest BCUT2D eigenvalue weighted by molar-refractivity contribution is 5.77. The maximum absolute atomic E-state index is 13.1. The highest BCUT2D eigenvalue weighted by Crippen LogP contribution is 2.29. The Morgan fingerprint density at radius 2 is 1.70 bits per heavy atom. The first-order valence-corrected chi connectivity index (χ1v) is 12.1. The molecule has 33 heavy (non-hydrogen) atoms. The maximum atomic E-state index is 13.1. The Hall–Kier alpha value is -3.12. The molecule has 5 rings (SSSR count). The highest BCUT2D eigenvalue weighted by atomic mass is 16.5. The van der Waals surface area contributed by atoms with Crippen molar-refractivity contribution in [1.82, 2.24) is 15.4 Å². The molecule has 0 saturated carbocycles. The second-order valence-corrected chi connectivity index (χ2v) is 9.17. The molecule has 1 aromatic heterocycles. The van der Waals surface area contributed by atoms with Crippen molar-refractivity contribution in [2.45, 2.75) is 19.3 Å². The summed E-state index contributed by atoms with van der Waals surface area (Å²) >= 11 is 0. The molecule has 3 heterocycles. The number of piperazine rings is 1. The van der Waals surface area contributed by atoms with E-state index in [4.69, 9.17) is 4.52 Å². The normalized spacial score (nSPS) is 21.2. The number of nitrogens with one attached hydrogen (secondary N) is 1. The van der Waals surface area contributed by atoms with E-state index in [0.29, 0.717) is 24.2 Å². The molecule has 1 N–H and O–H groups in total. The molecule has 2 unspecified atom stereocenters. The molecule has 3 aromatic rings. The fraction of sp³-hybridized carbons (Fsp3) is 0.407. The van der Waals surface area contributed by atoms with Crippen LogP contribution in [0.15, 0.2) is 71.3 Å². The lowest BCUT2D eigenvalue weighted by Gasteiger charge is -2.38. The lowest BCUT2D eigenvalue weighted by molar-refractivity contribution is -0.133. The van der Waals surface area contributed by atoms with Crippen molar-refractivity contribution in [3.8, 4) is 11.3 Å². The molecule has 6 heteroatoms.